The number of rotatable bonds is 5. The van der Waals surface area contributed by atoms with Crippen LogP contribution in [0.1, 0.15) is 11.1 Å². The Morgan fingerprint density at radius 3 is 2.57 bits per heavy atom. The summed E-state index contributed by atoms with van der Waals surface area (Å²) in [6, 6.07) is 16.4. The van der Waals surface area contributed by atoms with Crippen molar-refractivity contribution in [2.45, 2.75) is 18.5 Å². The monoisotopic (exact) mass is 392 g/mol. The van der Waals surface area contributed by atoms with Gasteiger partial charge >= 0.3 is 0 Å². The molecule has 2 aromatic carbocycles. The number of hydrogen-bond donors (Lipinski definition) is 0. The third kappa shape index (κ3) is 4.34. The standard InChI is InChI=1S/C22H24N4OS/c1-17-6-2-3-7-18(17)14-25-10-12-26(13-11-25)21(27)15-28-22-19-8-4-5-9-20(19)23-16-24-22/h2-9,16H,10-15H2,1H3. The fourth-order valence-electron chi connectivity index (χ4n) is 3.50. The minimum absolute atomic E-state index is 0.184. The van der Waals surface area contributed by atoms with Crippen LogP contribution >= 0.6 is 11.8 Å². The Hall–Kier alpha value is -2.44. The number of fused-ring (bicyclic) bond motifs is 1. The molecular weight excluding hydrogens is 368 g/mol. The maximum absolute atomic E-state index is 12.7. The van der Waals surface area contributed by atoms with E-state index in [9.17, 15) is 4.79 Å². The van der Waals surface area contributed by atoms with Gasteiger partial charge in [0, 0.05) is 38.1 Å². The summed E-state index contributed by atoms with van der Waals surface area (Å²) in [7, 11) is 0. The molecule has 1 aliphatic heterocycles. The molecule has 1 saturated heterocycles. The van der Waals surface area contributed by atoms with Gasteiger partial charge in [0.1, 0.15) is 11.4 Å². The maximum atomic E-state index is 12.7. The summed E-state index contributed by atoms with van der Waals surface area (Å²) in [5.41, 5.74) is 3.61. The fourth-order valence-corrected chi connectivity index (χ4v) is 4.39. The minimum Gasteiger partial charge on any atom is -0.339 e. The molecule has 0 saturated carbocycles. The Morgan fingerprint density at radius 2 is 1.75 bits per heavy atom. The van der Waals surface area contributed by atoms with E-state index in [0.717, 1.165) is 48.7 Å². The Morgan fingerprint density at radius 1 is 1.00 bits per heavy atom. The molecule has 1 aliphatic rings. The number of nitrogens with zero attached hydrogens (tertiary/aromatic N) is 4. The summed E-state index contributed by atoms with van der Waals surface area (Å²) in [6.07, 6.45) is 1.57. The molecule has 2 heterocycles. The van der Waals surface area contributed by atoms with Crippen molar-refractivity contribution >= 4 is 28.6 Å². The number of aromatic nitrogens is 2. The molecular formula is C22H24N4OS. The van der Waals surface area contributed by atoms with Crippen molar-refractivity contribution in [1.82, 2.24) is 19.8 Å². The second-order valence-corrected chi connectivity index (χ2v) is 8.03. The van der Waals surface area contributed by atoms with Gasteiger partial charge in [-0.05, 0) is 24.1 Å². The Kier molecular flexibility index (Phi) is 5.88. The molecule has 28 heavy (non-hydrogen) atoms. The number of aryl methyl sites for hydroxylation is 1. The number of piperazine rings is 1. The second-order valence-electron chi connectivity index (χ2n) is 7.07. The van der Waals surface area contributed by atoms with Crippen molar-refractivity contribution < 1.29 is 4.79 Å². The van der Waals surface area contributed by atoms with E-state index < -0.39 is 0 Å². The third-order valence-electron chi connectivity index (χ3n) is 5.22. The first-order chi connectivity index (χ1) is 13.7. The second kappa shape index (κ2) is 8.71. The summed E-state index contributed by atoms with van der Waals surface area (Å²) >= 11 is 1.50. The lowest BCUT2D eigenvalue weighted by Crippen LogP contribution is -2.48. The number of carbonyl (C=O) groups is 1. The number of para-hydroxylation sites is 1. The topological polar surface area (TPSA) is 49.3 Å². The number of hydrogen-bond acceptors (Lipinski definition) is 5. The molecule has 1 fully saturated rings. The van der Waals surface area contributed by atoms with Gasteiger partial charge in [0.2, 0.25) is 5.91 Å². The van der Waals surface area contributed by atoms with Crippen LogP contribution in [0.25, 0.3) is 10.9 Å². The van der Waals surface area contributed by atoms with Gasteiger partial charge in [-0.2, -0.15) is 0 Å². The average molecular weight is 393 g/mol. The first-order valence-electron chi connectivity index (χ1n) is 9.58. The van der Waals surface area contributed by atoms with Crippen molar-refractivity contribution in [2.24, 2.45) is 0 Å². The van der Waals surface area contributed by atoms with Crippen LogP contribution in [0.15, 0.2) is 59.9 Å². The zero-order chi connectivity index (χ0) is 19.3. The van der Waals surface area contributed by atoms with Gasteiger partial charge in [-0.25, -0.2) is 9.97 Å². The van der Waals surface area contributed by atoms with Crippen LogP contribution < -0.4 is 0 Å². The predicted octanol–water partition coefficient (Wildman–Crippen LogP) is 3.37. The summed E-state index contributed by atoms with van der Waals surface area (Å²) in [6.45, 7) is 6.52. The summed E-state index contributed by atoms with van der Waals surface area (Å²) in [5, 5.41) is 1.88. The Bertz CT molecular complexity index is 964. The van der Waals surface area contributed by atoms with E-state index in [-0.39, 0.29) is 5.91 Å². The first kappa shape index (κ1) is 18.9. The van der Waals surface area contributed by atoms with Crippen LogP contribution in [0.5, 0.6) is 0 Å². The van der Waals surface area contributed by atoms with Crippen molar-refractivity contribution in [3.05, 3.63) is 66.0 Å². The van der Waals surface area contributed by atoms with Gasteiger partial charge in [-0.1, -0.05) is 54.2 Å². The van der Waals surface area contributed by atoms with Crippen LogP contribution in [-0.2, 0) is 11.3 Å². The number of thioether (sulfide) groups is 1. The molecule has 3 aromatic rings. The van der Waals surface area contributed by atoms with E-state index in [1.54, 1.807) is 6.33 Å². The lowest BCUT2D eigenvalue weighted by molar-refractivity contribution is -0.130. The molecule has 0 atom stereocenters. The lowest BCUT2D eigenvalue weighted by atomic mass is 10.1. The summed E-state index contributed by atoms with van der Waals surface area (Å²) < 4.78 is 0. The van der Waals surface area contributed by atoms with Gasteiger partial charge in [-0.15, -0.1) is 0 Å². The molecule has 6 heteroatoms. The van der Waals surface area contributed by atoms with E-state index in [4.69, 9.17) is 0 Å². The van der Waals surface area contributed by atoms with Crippen molar-refractivity contribution in [2.75, 3.05) is 31.9 Å². The third-order valence-corrected chi connectivity index (χ3v) is 6.21. The number of amides is 1. The van der Waals surface area contributed by atoms with E-state index in [2.05, 4.69) is 46.1 Å². The Balaban J connectivity index is 1.30. The minimum atomic E-state index is 0.184. The number of benzene rings is 2. The fraction of sp³-hybridized carbons (Fsp3) is 0.318. The molecule has 1 aromatic heterocycles. The van der Waals surface area contributed by atoms with E-state index in [1.165, 1.54) is 22.9 Å². The molecule has 5 nitrogen and oxygen atoms in total. The molecule has 4 rings (SSSR count). The molecule has 0 aliphatic carbocycles. The molecule has 0 radical (unpaired) electrons. The molecule has 0 bridgehead atoms. The van der Waals surface area contributed by atoms with Gasteiger partial charge in [0.05, 0.1) is 11.3 Å². The van der Waals surface area contributed by atoms with Crippen molar-refractivity contribution in [3.8, 4) is 0 Å². The van der Waals surface area contributed by atoms with E-state index in [0.29, 0.717) is 5.75 Å². The van der Waals surface area contributed by atoms with Gasteiger partial charge in [0.25, 0.3) is 0 Å². The van der Waals surface area contributed by atoms with Crippen molar-refractivity contribution in [1.29, 1.82) is 0 Å². The van der Waals surface area contributed by atoms with Crippen LogP contribution in [0.3, 0.4) is 0 Å². The zero-order valence-corrected chi connectivity index (χ0v) is 16.9. The molecule has 1 amide bonds. The normalized spacial score (nSPS) is 15.1. The smallest absolute Gasteiger partial charge is 0.233 e. The highest BCUT2D eigenvalue weighted by molar-refractivity contribution is 8.00. The van der Waals surface area contributed by atoms with E-state index in [1.807, 2.05) is 29.2 Å². The number of carbonyl (C=O) groups excluding carboxylic acids is 1. The predicted molar refractivity (Wildman–Crippen MR) is 113 cm³/mol. The first-order valence-corrected chi connectivity index (χ1v) is 10.6. The highest BCUT2D eigenvalue weighted by Gasteiger charge is 2.21. The van der Waals surface area contributed by atoms with Crippen LogP contribution in [-0.4, -0.2) is 57.6 Å². The van der Waals surface area contributed by atoms with Crippen LogP contribution in [0.4, 0.5) is 0 Å². The molecule has 0 spiro atoms. The van der Waals surface area contributed by atoms with Gasteiger partial charge in [0.15, 0.2) is 0 Å². The van der Waals surface area contributed by atoms with Crippen LogP contribution in [0, 0.1) is 6.92 Å². The van der Waals surface area contributed by atoms with E-state index >= 15 is 0 Å². The molecule has 0 unspecified atom stereocenters. The highest BCUT2D eigenvalue weighted by Crippen LogP contribution is 2.24. The summed E-state index contributed by atoms with van der Waals surface area (Å²) in [4.78, 5) is 25.7. The lowest BCUT2D eigenvalue weighted by Gasteiger charge is -2.35. The average Bonchev–Trinajstić information content (AvgIpc) is 2.74. The molecule has 0 N–H and O–H groups in total. The quantitative estimate of drug-likeness (QED) is 0.492. The van der Waals surface area contributed by atoms with Gasteiger partial charge in [-0.3, -0.25) is 9.69 Å². The SMILES string of the molecule is Cc1ccccc1CN1CCN(C(=O)CSc2ncnc3ccccc23)CC1. The van der Waals surface area contributed by atoms with Gasteiger partial charge < -0.3 is 4.90 Å². The highest BCUT2D eigenvalue weighted by atomic mass is 32.2. The summed E-state index contributed by atoms with van der Waals surface area (Å²) in [5.74, 6) is 0.599. The van der Waals surface area contributed by atoms with Crippen molar-refractivity contribution in [3.63, 3.8) is 0 Å². The largest absolute Gasteiger partial charge is 0.339 e. The van der Waals surface area contributed by atoms with Crippen LogP contribution in [0.2, 0.25) is 0 Å². The molecule has 144 valence electrons. The Labute approximate surface area is 169 Å². The zero-order valence-electron chi connectivity index (χ0n) is 16.0. The maximum Gasteiger partial charge on any atom is 0.233 e.